The predicted molar refractivity (Wildman–Crippen MR) is 61.4 cm³/mol. The van der Waals surface area contributed by atoms with Crippen LogP contribution in [0.2, 0.25) is 0 Å². The second kappa shape index (κ2) is 4.43. The molecule has 1 fully saturated rings. The Bertz CT molecular complexity index is 271. The lowest BCUT2D eigenvalue weighted by Crippen LogP contribution is -2.45. The maximum absolute atomic E-state index is 5.99. The minimum absolute atomic E-state index is 0.412. The van der Waals surface area contributed by atoms with Crippen LogP contribution in [0.4, 0.5) is 0 Å². The molecule has 2 nitrogen and oxygen atoms in total. The normalized spacial score (nSPS) is 29.3. The minimum atomic E-state index is 0.412. The van der Waals surface area contributed by atoms with Crippen LogP contribution in [0.15, 0.2) is 17.5 Å². The first kappa shape index (κ1) is 10.1. The second-order valence-electron chi connectivity index (χ2n) is 4.24. The average Bonchev–Trinajstić information content (AvgIpc) is 2.64. The molecule has 2 atom stereocenters. The highest BCUT2D eigenvalue weighted by Crippen LogP contribution is 2.19. The number of hydrogen-bond acceptors (Lipinski definition) is 3. The van der Waals surface area contributed by atoms with Gasteiger partial charge in [-0.3, -0.25) is 4.90 Å². The Morgan fingerprint density at radius 1 is 1.64 bits per heavy atom. The summed E-state index contributed by atoms with van der Waals surface area (Å²) in [7, 11) is 0. The number of thiophene rings is 1. The molecule has 2 unspecified atom stereocenters. The molecule has 78 valence electrons. The molecule has 2 heterocycles. The highest BCUT2D eigenvalue weighted by molar-refractivity contribution is 7.09. The third-order valence-corrected chi connectivity index (χ3v) is 3.88. The zero-order valence-electron chi connectivity index (χ0n) is 8.65. The first-order valence-corrected chi connectivity index (χ1v) is 6.14. The van der Waals surface area contributed by atoms with E-state index in [1.165, 1.54) is 4.88 Å². The van der Waals surface area contributed by atoms with Crippen LogP contribution in [0.5, 0.6) is 0 Å². The highest BCUT2D eigenvalue weighted by atomic mass is 32.1. The lowest BCUT2D eigenvalue weighted by Gasteiger charge is -2.34. The zero-order valence-corrected chi connectivity index (χ0v) is 9.46. The van der Waals surface area contributed by atoms with Crippen molar-refractivity contribution in [3.8, 4) is 0 Å². The molecule has 14 heavy (non-hydrogen) atoms. The fraction of sp³-hybridized carbons (Fsp3) is 0.636. The number of nitrogens with two attached hydrogens (primary N) is 1. The van der Waals surface area contributed by atoms with E-state index < -0.39 is 0 Å². The van der Waals surface area contributed by atoms with Crippen LogP contribution >= 0.6 is 11.3 Å². The largest absolute Gasteiger partial charge is 0.327 e. The molecule has 2 N–H and O–H groups in total. The van der Waals surface area contributed by atoms with E-state index in [4.69, 9.17) is 5.73 Å². The van der Waals surface area contributed by atoms with Crippen LogP contribution < -0.4 is 5.73 Å². The van der Waals surface area contributed by atoms with Crippen molar-refractivity contribution in [2.45, 2.75) is 25.9 Å². The van der Waals surface area contributed by atoms with E-state index >= 15 is 0 Å². The van der Waals surface area contributed by atoms with Gasteiger partial charge in [-0.15, -0.1) is 11.3 Å². The molecule has 0 aliphatic carbocycles. The number of nitrogens with zero attached hydrogens (tertiary/aromatic N) is 1. The monoisotopic (exact) mass is 210 g/mol. The number of piperidine rings is 1. The van der Waals surface area contributed by atoms with E-state index in [-0.39, 0.29) is 0 Å². The molecule has 2 rings (SSSR count). The van der Waals surface area contributed by atoms with Crippen molar-refractivity contribution in [3.63, 3.8) is 0 Å². The summed E-state index contributed by atoms with van der Waals surface area (Å²) in [5, 5.41) is 2.15. The minimum Gasteiger partial charge on any atom is -0.327 e. The van der Waals surface area contributed by atoms with Gasteiger partial charge < -0.3 is 5.73 Å². The summed E-state index contributed by atoms with van der Waals surface area (Å²) in [5.74, 6) is 0.642. The first-order valence-electron chi connectivity index (χ1n) is 5.26. The molecule has 0 spiro atoms. The van der Waals surface area contributed by atoms with Gasteiger partial charge >= 0.3 is 0 Å². The molecule has 1 aliphatic rings. The van der Waals surface area contributed by atoms with Crippen LogP contribution in [0, 0.1) is 5.92 Å². The van der Waals surface area contributed by atoms with Crippen molar-refractivity contribution in [1.82, 2.24) is 4.90 Å². The summed E-state index contributed by atoms with van der Waals surface area (Å²) in [6.45, 7) is 5.67. The fourth-order valence-electron chi connectivity index (χ4n) is 2.02. The van der Waals surface area contributed by atoms with E-state index in [2.05, 4.69) is 29.3 Å². The number of likely N-dealkylation sites (tertiary alicyclic amines) is 1. The van der Waals surface area contributed by atoms with E-state index in [0.29, 0.717) is 12.0 Å². The Hall–Kier alpha value is -0.380. The third kappa shape index (κ3) is 2.35. The molecule has 0 saturated carbocycles. The van der Waals surface area contributed by atoms with Crippen LogP contribution in [0.3, 0.4) is 0 Å². The molecule has 3 heteroatoms. The van der Waals surface area contributed by atoms with Gasteiger partial charge in [-0.05, 0) is 23.8 Å². The van der Waals surface area contributed by atoms with Crippen LogP contribution in [0.1, 0.15) is 18.2 Å². The van der Waals surface area contributed by atoms with E-state index in [0.717, 1.165) is 26.1 Å². The van der Waals surface area contributed by atoms with Crippen LogP contribution in [-0.4, -0.2) is 24.0 Å². The summed E-state index contributed by atoms with van der Waals surface area (Å²) < 4.78 is 0. The number of hydrogen-bond donors (Lipinski definition) is 1. The van der Waals surface area contributed by atoms with Crippen LogP contribution in [-0.2, 0) is 6.54 Å². The Morgan fingerprint density at radius 3 is 3.14 bits per heavy atom. The topological polar surface area (TPSA) is 29.3 Å². The lowest BCUT2D eigenvalue weighted by atomic mass is 9.95. The van der Waals surface area contributed by atoms with Gasteiger partial charge in [0.2, 0.25) is 0 Å². The van der Waals surface area contributed by atoms with Crippen LogP contribution in [0.25, 0.3) is 0 Å². The third-order valence-electron chi connectivity index (χ3n) is 3.02. The van der Waals surface area contributed by atoms with E-state index in [9.17, 15) is 0 Å². The van der Waals surface area contributed by atoms with Gasteiger partial charge in [0.25, 0.3) is 0 Å². The maximum Gasteiger partial charge on any atom is 0.0328 e. The van der Waals surface area contributed by atoms with Gasteiger partial charge in [0.05, 0.1) is 0 Å². The first-order chi connectivity index (χ1) is 6.75. The summed E-state index contributed by atoms with van der Waals surface area (Å²) in [4.78, 5) is 3.98. The fourth-order valence-corrected chi connectivity index (χ4v) is 2.76. The lowest BCUT2D eigenvalue weighted by molar-refractivity contribution is 0.159. The Labute approximate surface area is 89.7 Å². The Morgan fingerprint density at radius 2 is 2.50 bits per heavy atom. The standard InChI is InChI=1S/C11H18N2S/c1-9-7-13(5-4-11(9)12)8-10-3-2-6-14-10/h2-3,6,9,11H,4-5,7-8,12H2,1H3. The van der Waals surface area contributed by atoms with Crippen molar-refractivity contribution >= 4 is 11.3 Å². The molecule has 1 saturated heterocycles. The van der Waals surface area contributed by atoms with E-state index in [1.807, 2.05) is 11.3 Å². The molecular formula is C11H18N2S. The van der Waals surface area contributed by atoms with Crippen molar-refractivity contribution < 1.29 is 0 Å². The quantitative estimate of drug-likeness (QED) is 0.808. The van der Waals surface area contributed by atoms with Gasteiger partial charge in [-0.1, -0.05) is 13.0 Å². The second-order valence-corrected chi connectivity index (χ2v) is 5.28. The Balaban J connectivity index is 1.88. The molecule has 1 aromatic rings. The molecule has 0 bridgehead atoms. The van der Waals surface area contributed by atoms with Gasteiger partial charge in [-0.25, -0.2) is 0 Å². The van der Waals surface area contributed by atoms with Gasteiger partial charge in [0.1, 0.15) is 0 Å². The maximum atomic E-state index is 5.99. The molecular weight excluding hydrogens is 192 g/mol. The van der Waals surface area contributed by atoms with Gasteiger partial charge in [-0.2, -0.15) is 0 Å². The predicted octanol–water partition coefficient (Wildman–Crippen LogP) is 1.92. The zero-order chi connectivity index (χ0) is 9.97. The molecule has 1 aromatic heterocycles. The highest BCUT2D eigenvalue weighted by Gasteiger charge is 2.22. The molecule has 0 amide bonds. The molecule has 0 aromatic carbocycles. The number of rotatable bonds is 2. The van der Waals surface area contributed by atoms with Crippen molar-refractivity contribution in [2.24, 2.45) is 11.7 Å². The average molecular weight is 210 g/mol. The van der Waals surface area contributed by atoms with E-state index in [1.54, 1.807) is 0 Å². The molecule has 0 radical (unpaired) electrons. The molecule has 1 aliphatic heterocycles. The summed E-state index contributed by atoms with van der Waals surface area (Å²) in [6.07, 6.45) is 1.15. The van der Waals surface area contributed by atoms with Crippen molar-refractivity contribution in [3.05, 3.63) is 22.4 Å². The van der Waals surface area contributed by atoms with Crippen molar-refractivity contribution in [1.29, 1.82) is 0 Å². The van der Waals surface area contributed by atoms with Gasteiger partial charge in [0.15, 0.2) is 0 Å². The summed E-state index contributed by atoms with van der Waals surface area (Å²) >= 11 is 1.85. The summed E-state index contributed by atoms with van der Waals surface area (Å²) in [5.41, 5.74) is 5.99. The van der Waals surface area contributed by atoms with Crippen molar-refractivity contribution in [2.75, 3.05) is 13.1 Å². The smallest absolute Gasteiger partial charge is 0.0328 e. The summed E-state index contributed by atoms with van der Waals surface area (Å²) in [6, 6.07) is 4.75. The van der Waals surface area contributed by atoms with Gasteiger partial charge in [0, 0.05) is 30.6 Å². The Kier molecular flexibility index (Phi) is 3.21. The SMILES string of the molecule is CC1CN(Cc2cccs2)CCC1N.